The number of fused-ring (bicyclic) bond motifs is 1. The first-order chi connectivity index (χ1) is 12.5. The lowest BCUT2D eigenvalue weighted by atomic mass is 9.48. The van der Waals surface area contributed by atoms with Crippen molar-refractivity contribution in [2.24, 2.45) is 23.2 Å². The lowest BCUT2D eigenvalue weighted by Crippen LogP contribution is -2.46. The molecule has 4 saturated carbocycles. The Morgan fingerprint density at radius 1 is 1.15 bits per heavy atom. The summed E-state index contributed by atoms with van der Waals surface area (Å²) < 4.78 is 0. The van der Waals surface area contributed by atoms with Gasteiger partial charge in [-0.1, -0.05) is 5.57 Å². The van der Waals surface area contributed by atoms with Crippen LogP contribution < -0.4 is 10.6 Å². The highest BCUT2D eigenvalue weighted by Gasteiger charge is 2.51. The second kappa shape index (κ2) is 5.70. The van der Waals surface area contributed by atoms with Crippen molar-refractivity contribution in [3.63, 3.8) is 0 Å². The molecule has 0 atom stereocenters. The molecule has 1 aliphatic heterocycles. The first-order valence-electron chi connectivity index (χ1n) is 9.92. The first-order valence-corrected chi connectivity index (χ1v) is 9.92. The van der Waals surface area contributed by atoms with Crippen molar-refractivity contribution in [3.05, 3.63) is 35.4 Å². The monoisotopic (exact) mass is 350 g/mol. The summed E-state index contributed by atoms with van der Waals surface area (Å²) in [7, 11) is 0. The van der Waals surface area contributed by atoms with Gasteiger partial charge in [0, 0.05) is 17.5 Å². The average Bonchev–Trinajstić information content (AvgIpc) is 2.92. The molecule has 2 amide bonds. The van der Waals surface area contributed by atoms with Crippen LogP contribution in [0.25, 0.3) is 0 Å². The van der Waals surface area contributed by atoms with E-state index in [-0.39, 0.29) is 17.2 Å². The summed E-state index contributed by atoms with van der Waals surface area (Å²) in [6.07, 6.45) is 10.3. The van der Waals surface area contributed by atoms with Crippen molar-refractivity contribution in [3.8, 4) is 0 Å². The van der Waals surface area contributed by atoms with Crippen molar-refractivity contribution in [1.29, 1.82) is 0 Å². The van der Waals surface area contributed by atoms with Gasteiger partial charge in [-0.2, -0.15) is 0 Å². The minimum absolute atomic E-state index is 0.0148. The largest absolute Gasteiger partial charge is 0.326 e. The molecule has 4 aliphatic carbocycles. The van der Waals surface area contributed by atoms with Gasteiger partial charge in [0.05, 0.1) is 6.42 Å². The molecule has 4 nitrogen and oxygen atoms in total. The number of benzene rings is 1. The highest BCUT2D eigenvalue weighted by molar-refractivity contribution is 6.02. The number of rotatable bonds is 3. The van der Waals surface area contributed by atoms with E-state index in [1.54, 1.807) is 0 Å². The van der Waals surface area contributed by atoms with Gasteiger partial charge in [-0.15, -0.1) is 0 Å². The van der Waals surface area contributed by atoms with Crippen LogP contribution >= 0.6 is 0 Å². The molecule has 6 rings (SSSR count). The molecule has 5 aliphatic rings. The van der Waals surface area contributed by atoms with Crippen molar-refractivity contribution < 1.29 is 9.59 Å². The molecule has 1 aromatic rings. The van der Waals surface area contributed by atoms with Crippen LogP contribution in [0.5, 0.6) is 0 Å². The molecular weight excluding hydrogens is 324 g/mol. The molecule has 0 unspecified atom stereocenters. The number of carbonyl (C=O) groups excluding carboxylic acids is 2. The van der Waals surface area contributed by atoms with E-state index in [1.807, 2.05) is 24.3 Å². The molecule has 0 aromatic heterocycles. The summed E-state index contributed by atoms with van der Waals surface area (Å²) in [5, 5.41) is 5.82. The highest BCUT2D eigenvalue weighted by Crippen LogP contribution is 2.62. The fourth-order valence-electron chi connectivity index (χ4n) is 6.43. The highest BCUT2D eigenvalue weighted by atomic mass is 16.2. The number of nitrogens with one attached hydrogen (secondary N) is 2. The smallest absolute Gasteiger partial charge is 0.248 e. The number of amides is 2. The fraction of sp³-hybridized carbons (Fsp3) is 0.545. The number of allylic oxidation sites excluding steroid dienone is 1. The van der Waals surface area contributed by atoms with Gasteiger partial charge in [-0.05, 0) is 92.4 Å². The van der Waals surface area contributed by atoms with E-state index >= 15 is 0 Å². The maximum Gasteiger partial charge on any atom is 0.248 e. The first kappa shape index (κ1) is 16.1. The molecule has 0 spiro atoms. The number of hydrogen-bond acceptors (Lipinski definition) is 2. The summed E-state index contributed by atoms with van der Waals surface area (Å²) in [5.41, 5.74) is 4.12. The van der Waals surface area contributed by atoms with Gasteiger partial charge in [0.25, 0.3) is 0 Å². The van der Waals surface area contributed by atoms with Crippen LogP contribution in [0.2, 0.25) is 0 Å². The molecule has 136 valence electrons. The molecule has 1 aromatic carbocycles. The van der Waals surface area contributed by atoms with Gasteiger partial charge >= 0.3 is 0 Å². The minimum Gasteiger partial charge on any atom is -0.326 e. The zero-order chi connectivity index (χ0) is 17.9. The Hall–Kier alpha value is -2.10. The van der Waals surface area contributed by atoms with Crippen LogP contribution in [0.4, 0.5) is 11.4 Å². The van der Waals surface area contributed by atoms with Crippen LogP contribution in [0, 0.1) is 23.2 Å². The molecule has 4 bridgehead atoms. The summed E-state index contributed by atoms with van der Waals surface area (Å²) in [6, 6.07) is 5.63. The van der Waals surface area contributed by atoms with Crippen LogP contribution in [-0.2, 0) is 16.0 Å². The summed E-state index contributed by atoms with van der Waals surface area (Å²) >= 11 is 0. The number of carbonyl (C=O) groups is 2. The Morgan fingerprint density at radius 2 is 1.81 bits per heavy atom. The van der Waals surface area contributed by atoms with Crippen molar-refractivity contribution in [2.75, 3.05) is 10.6 Å². The molecule has 0 radical (unpaired) electrons. The van der Waals surface area contributed by atoms with Crippen LogP contribution in [0.3, 0.4) is 0 Å². The third kappa shape index (κ3) is 2.67. The Morgan fingerprint density at radius 3 is 2.46 bits per heavy atom. The van der Waals surface area contributed by atoms with Gasteiger partial charge in [-0.3, -0.25) is 9.59 Å². The maximum absolute atomic E-state index is 12.6. The van der Waals surface area contributed by atoms with Crippen molar-refractivity contribution in [2.45, 2.75) is 51.9 Å². The van der Waals surface area contributed by atoms with Gasteiger partial charge in [-0.25, -0.2) is 0 Å². The molecule has 4 heteroatoms. The zero-order valence-corrected chi connectivity index (χ0v) is 15.3. The summed E-state index contributed by atoms with van der Waals surface area (Å²) in [5.74, 6) is 2.62. The van der Waals surface area contributed by atoms with Crippen molar-refractivity contribution in [1.82, 2.24) is 0 Å². The van der Waals surface area contributed by atoms with Crippen LogP contribution in [-0.4, -0.2) is 11.8 Å². The maximum atomic E-state index is 12.6. The Kier molecular flexibility index (Phi) is 3.53. The molecule has 0 saturated heterocycles. The van der Waals surface area contributed by atoms with Gasteiger partial charge in [0.1, 0.15) is 0 Å². The second-order valence-corrected chi connectivity index (χ2v) is 9.11. The van der Waals surface area contributed by atoms with Crippen molar-refractivity contribution >= 4 is 23.2 Å². The predicted molar refractivity (Wildman–Crippen MR) is 102 cm³/mol. The fourth-order valence-corrected chi connectivity index (χ4v) is 6.43. The van der Waals surface area contributed by atoms with Gasteiger partial charge in [0.2, 0.25) is 11.8 Å². The zero-order valence-electron chi connectivity index (χ0n) is 15.3. The van der Waals surface area contributed by atoms with Gasteiger partial charge < -0.3 is 10.6 Å². The third-order valence-corrected chi connectivity index (χ3v) is 7.22. The van der Waals surface area contributed by atoms with Gasteiger partial charge in [0.15, 0.2) is 0 Å². The molecule has 1 heterocycles. The number of hydrogen-bond donors (Lipinski definition) is 2. The van der Waals surface area contributed by atoms with E-state index < -0.39 is 0 Å². The average molecular weight is 350 g/mol. The van der Waals surface area contributed by atoms with E-state index in [2.05, 4.69) is 17.6 Å². The van der Waals surface area contributed by atoms with E-state index in [1.165, 1.54) is 44.1 Å². The summed E-state index contributed by atoms with van der Waals surface area (Å²) in [4.78, 5) is 24.1. The van der Waals surface area contributed by atoms with Crippen LogP contribution in [0.15, 0.2) is 29.8 Å². The number of anilines is 2. The Labute approximate surface area is 154 Å². The third-order valence-electron chi connectivity index (χ3n) is 7.22. The molecule has 4 fully saturated rings. The standard InChI is InChI=1S/C22H26N2O2/c1-13(22-10-14-5-15(11-22)7-16(6-14)12-22)4-20(25)23-18-2-3-19-17(8-18)9-21(26)24-19/h2-4,8,14-16H,5-7,9-12H2,1H3,(H,23,25)(H,24,26)/b13-4-. The quantitative estimate of drug-likeness (QED) is 0.799. The molecule has 2 N–H and O–H groups in total. The Bertz CT molecular complexity index is 788. The van der Waals surface area contributed by atoms with E-state index in [0.717, 1.165) is 34.7 Å². The molecule has 26 heavy (non-hydrogen) atoms. The summed E-state index contributed by atoms with van der Waals surface area (Å²) in [6.45, 7) is 2.16. The van der Waals surface area contributed by atoms with E-state index in [0.29, 0.717) is 6.42 Å². The predicted octanol–water partition coefficient (Wildman–Crippen LogP) is 4.28. The lowest BCUT2D eigenvalue weighted by Gasteiger charge is -2.57. The SMILES string of the molecule is C/C(=C/C(=O)Nc1ccc2c(c1)CC(=O)N2)C12CC3CC(CC(C3)C1)C2. The minimum atomic E-state index is -0.0459. The topological polar surface area (TPSA) is 58.2 Å². The lowest BCUT2D eigenvalue weighted by molar-refractivity contribution is -0.115. The van der Waals surface area contributed by atoms with E-state index in [4.69, 9.17) is 0 Å². The molecular formula is C22H26N2O2. The Balaban J connectivity index is 1.32. The van der Waals surface area contributed by atoms with Crippen LogP contribution in [0.1, 0.15) is 51.0 Å². The normalized spacial score (nSPS) is 34.6. The van der Waals surface area contributed by atoms with E-state index in [9.17, 15) is 9.59 Å². The second-order valence-electron chi connectivity index (χ2n) is 9.11.